The molecule has 11 heteroatoms. The van der Waals surface area contributed by atoms with Crippen LogP contribution in [0, 0.1) is 0 Å². The summed E-state index contributed by atoms with van der Waals surface area (Å²) < 4.78 is 16.4. The van der Waals surface area contributed by atoms with Gasteiger partial charge in [-0.1, -0.05) is 0 Å². The number of carbonyl (C=O) groups is 4. The maximum absolute atomic E-state index is 11.8. The van der Waals surface area contributed by atoms with E-state index in [1.165, 1.54) is 12.2 Å². The fourth-order valence-electron chi connectivity index (χ4n) is 3.50. The maximum Gasteiger partial charge on any atom is 0.253 e. The van der Waals surface area contributed by atoms with Crippen LogP contribution in [0.25, 0.3) is 0 Å². The molecule has 0 saturated carbocycles. The molecule has 0 aliphatic carbocycles. The van der Waals surface area contributed by atoms with Crippen LogP contribution in [0.5, 0.6) is 0 Å². The minimum absolute atomic E-state index is 0.0361. The summed E-state index contributed by atoms with van der Waals surface area (Å²) in [6.07, 6.45) is 6.61. The van der Waals surface area contributed by atoms with Gasteiger partial charge in [0.1, 0.15) is 0 Å². The molecule has 0 spiro atoms. The standard InChI is InChI=1S/C23H38N4O7/c28-20(6-2-12-27-21(29)7-8-22(27)30)25-10-3-13-32-15-17-34-18-16-33-14-4-11-26-23(31)19-5-1-9-24-19/h7-8,19,24H,1-6,9-18H2,(H,25,28)(H,26,31)/t19-/m0/s1. The number of amides is 4. The first-order valence-electron chi connectivity index (χ1n) is 12.1. The number of hydrogen-bond donors (Lipinski definition) is 3. The smallest absolute Gasteiger partial charge is 0.253 e. The Labute approximate surface area is 200 Å². The lowest BCUT2D eigenvalue weighted by Gasteiger charge is -2.13. The van der Waals surface area contributed by atoms with Crippen LogP contribution >= 0.6 is 0 Å². The van der Waals surface area contributed by atoms with Gasteiger partial charge in [-0.15, -0.1) is 0 Å². The Morgan fingerprint density at radius 3 is 2.06 bits per heavy atom. The average molecular weight is 483 g/mol. The third-order valence-corrected chi connectivity index (χ3v) is 5.36. The highest BCUT2D eigenvalue weighted by Crippen LogP contribution is 2.05. The number of nitrogens with one attached hydrogen (secondary N) is 3. The van der Waals surface area contributed by atoms with E-state index < -0.39 is 0 Å². The number of imide groups is 1. The molecule has 34 heavy (non-hydrogen) atoms. The van der Waals surface area contributed by atoms with Gasteiger partial charge in [-0.3, -0.25) is 24.1 Å². The zero-order valence-electron chi connectivity index (χ0n) is 19.9. The molecule has 3 N–H and O–H groups in total. The van der Waals surface area contributed by atoms with Gasteiger partial charge in [0, 0.05) is 51.4 Å². The fraction of sp³-hybridized carbons (Fsp3) is 0.739. The van der Waals surface area contributed by atoms with E-state index in [4.69, 9.17) is 14.2 Å². The van der Waals surface area contributed by atoms with Crippen LogP contribution in [0.2, 0.25) is 0 Å². The van der Waals surface area contributed by atoms with Crippen molar-refractivity contribution >= 4 is 23.6 Å². The second-order valence-corrected chi connectivity index (χ2v) is 8.10. The molecule has 11 nitrogen and oxygen atoms in total. The first kappa shape index (κ1) is 27.9. The number of carbonyl (C=O) groups excluding carboxylic acids is 4. The van der Waals surface area contributed by atoms with E-state index in [0.717, 1.165) is 30.7 Å². The molecule has 2 heterocycles. The molecule has 2 aliphatic heterocycles. The van der Waals surface area contributed by atoms with Crippen molar-refractivity contribution in [2.24, 2.45) is 0 Å². The summed E-state index contributed by atoms with van der Waals surface area (Å²) in [7, 11) is 0. The number of nitrogens with zero attached hydrogens (tertiary/aromatic N) is 1. The zero-order valence-corrected chi connectivity index (χ0v) is 19.9. The average Bonchev–Trinajstić information content (AvgIpc) is 3.47. The van der Waals surface area contributed by atoms with Crippen LogP contribution in [0.4, 0.5) is 0 Å². The zero-order chi connectivity index (χ0) is 24.4. The summed E-state index contributed by atoms with van der Waals surface area (Å²) in [6, 6.07) is -0.0361. The van der Waals surface area contributed by atoms with Gasteiger partial charge in [0.2, 0.25) is 11.8 Å². The van der Waals surface area contributed by atoms with Crippen molar-refractivity contribution in [1.82, 2.24) is 20.9 Å². The van der Waals surface area contributed by atoms with Gasteiger partial charge in [0.05, 0.1) is 32.5 Å². The monoisotopic (exact) mass is 482 g/mol. The molecule has 0 radical (unpaired) electrons. The predicted molar refractivity (Wildman–Crippen MR) is 124 cm³/mol. The van der Waals surface area contributed by atoms with Crippen LogP contribution < -0.4 is 16.0 Å². The van der Waals surface area contributed by atoms with Crippen LogP contribution in [0.15, 0.2) is 12.2 Å². The van der Waals surface area contributed by atoms with Gasteiger partial charge in [-0.25, -0.2) is 0 Å². The molecule has 4 amide bonds. The predicted octanol–water partition coefficient (Wildman–Crippen LogP) is -0.494. The Morgan fingerprint density at radius 1 is 0.882 bits per heavy atom. The molecule has 1 atom stereocenters. The van der Waals surface area contributed by atoms with Crippen molar-refractivity contribution in [1.29, 1.82) is 0 Å². The Bertz CT molecular complexity index is 662. The van der Waals surface area contributed by atoms with Crippen LogP contribution in [0.1, 0.15) is 38.5 Å². The van der Waals surface area contributed by atoms with E-state index in [9.17, 15) is 19.2 Å². The molecule has 0 unspecified atom stereocenters. The number of ether oxygens (including phenoxy) is 3. The molecule has 1 saturated heterocycles. The molecule has 0 aromatic heterocycles. The largest absolute Gasteiger partial charge is 0.379 e. The summed E-state index contributed by atoms with van der Waals surface area (Å²) in [6.45, 7) is 5.33. The van der Waals surface area contributed by atoms with Gasteiger partial charge in [0.15, 0.2) is 0 Å². The second kappa shape index (κ2) is 17.1. The van der Waals surface area contributed by atoms with E-state index in [1.54, 1.807) is 0 Å². The quantitative estimate of drug-likeness (QED) is 0.166. The van der Waals surface area contributed by atoms with Gasteiger partial charge in [-0.2, -0.15) is 0 Å². The highest BCUT2D eigenvalue weighted by Gasteiger charge is 2.22. The lowest BCUT2D eigenvalue weighted by Crippen LogP contribution is -2.40. The van der Waals surface area contributed by atoms with Crippen molar-refractivity contribution in [3.05, 3.63) is 12.2 Å². The minimum atomic E-state index is -0.326. The van der Waals surface area contributed by atoms with Crippen molar-refractivity contribution in [2.75, 3.05) is 65.8 Å². The minimum Gasteiger partial charge on any atom is -0.379 e. The summed E-state index contributed by atoms with van der Waals surface area (Å²) in [5, 5.41) is 8.88. The van der Waals surface area contributed by atoms with Crippen molar-refractivity contribution in [3.63, 3.8) is 0 Å². The summed E-state index contributed by atoms with van der Waals surface area (Å²) in [4.78, 5) is 47.5. The van der Waals surface area contributed by atoms with E-state index >= 15 is 0 Å². The fourth-order valence-corrected chi connectivity index (χ4v) is 3.50. The van der Waals surface area contributed by atoms with Crippen LogP contribution in [-0.4, -0.2) is 100 Å². The van der Waals surface area contributed by atoms with Crippen LogP contribution in [0.3, 0.4) is 0 Å². The molecule has 1 fully saturated rings. The lowest BCUT2D eigenvalue weighted by molar-refractivity contribution is -0.137. The van der Waals surface area contributed by atoms with Crippen molar-refractivity contribution < 1.29 is 33.4 Å². The molecule has 192 valence electrons. The molecule has 2 rings (SSSR count). The molecule has 0 aromatic carbocycles. The third-order valence-electron chi connectivity index (χ3n) is 5.36. The molecule has 2 aliphatic rings. The molecule has 0 aromatic rings. The Kier molecular flexibility index (Phi) is 14.1. The summed E-state index contributed by atoms with van der Waals surface area (Å²) >= 11 is 0. The summed E-state index contributed by atoms with van der Waals surface area (Å²) in [5.74, 6) is -0.683. The highest BCUT2D eigenvalue weighted by atomic mass is 16.5. The van der Waals surface area contributed by atoms with Crippen molar-refractivity contribution in [2.45, 2.75) is 44.6 Å². The normalized spacial score (nSPS) is 17.5. The molecular weight excluding hydrogens is 444 g/mol. The molecular formula is C23H38N4O7. The van der Waals surface area contributed by atoms with Gasteiger partial charge >= 0.3 is 0 Å². The lowest BCUT2D eigenvalue weighted by atomic mass is 10.2. The Balaban J connectivity index is 1.26. The van der Waals surface area contributed by atoms with E-state index in [0.29, 0.717) is 65.6 Å². The first-order valence-corrected chi connectivity index (χ1v) is 12.1. The van der Waals surface area contributed by atoms with Gasteiger partial charge in [0.25, 0.3) is 11.8 Å². The molecule has 0 bridgehead atoms. The van der Waals surface area contributed by atoms with Gasteiger partial charge in [-0.05, 0) is 38.6 Å². The Morgan fingerprint density at radius 2 is 1.47 bits per heavy atom. The Hall–Kier alpha value is -2.34. The van der Waals surface area contributed by atoms with Crippen LogP contribution in [-0.2, 0) is 33.4 Å². The second-order valence-electron chi connectivity index (χ2n) is 8.10. The SMILES string of the molecule is O=C(CCCN1C(=O)C=CC1=O)NCCCOCCOCCOCCCNC(=O)[C@@H]1CCCN1. The topological polar surface area (TPSA) is 135 Å². The van der Waals surface area contributed by atoms with E-state index in [2.05, 4.69) is 16.0 Å². The van der Waals surface area contributed by atoms with Crippen molar-refractivity contribution in [3.8, 4) is 0 Å². The van der Waals surface area contributed by atoms with E-state index in [-0.39, 0.29) is 42.6 Å². The van der Waals surface area contributed by atoms with Gasteiger partial charge < -0.3 is 30.2 Å². The number of hydrogen-bond acceptors (Lipinski definition) is 8. The third kappa shape index (κ3) is 11.7. The number of rotatable bonds is 19. The highest BCUT2D eigenvalue weighted by molar-refractivity contribution is 6.12. The first-order chi connectivity index (χ1) is 16.6. The maximum atomic E-state index is 11.8. The van der Waals surface area contributed by atoms with E-state index in [1.807, 2.05) is 0 Å². The summed E-state index contributed by atoms with van der Waals surface area (Å²) in [5.41, 5.74) is 0.